The molecule has 0 bridgehead atoms. The van der Waals surface area contributed by atoms with Crippen molar-refractivity contribution in [1.29, 1.82) is 0 Å². The zero-order chi connectivity index (χ0) is 15.6. The van der Waals surface area contributed by atoms with Gasteiger partial charge in [-0.2, -0.15) is 0 Å². The molecule has 21 heavy (non-hydrogen) atoms. The van der Waals surface area contributed by atoms with Crippen LogP contribution >= 0.6 is 0 Å². The lowest BCUT2D eigenvalue weighted by atomic mass is 10.1. The molecule has 112 valence electrons. The van der Waals surface area contributed by atoms with Gasteiger partial charge in [0.05, 0.1) is 18.5 Å². The average Bonchev–Trinajstić information content (AvgIpc) is 2.43. The Hall–Kier alpha value is -2.21. The van der Waals surface area contributed by atoms with Gasteiger partial charge in [-0.15, -0.1) is 0 Å². The second-order valence-electron chi connectivity index (χ2n) is 4.75. The second kappa shape index (κ2) is 5.65. The Bertz CT molecular complexity index is 770. The highest BCUT2D eigenvalue weighted by molar-refractivity contribution is 7.93. The van der Waals surface area contributed by atoms with Crippen molar-refractivity contribution < 1.29 is 13.2 Å². The van der Waals surface area contributed by atoms with Crippen molar-refractivity contribution in [3.8, 4) is 5.75 Å². The lowest BCUT2D eigenvalue weighted by Gasteiger charge is -2.15. The minimum atomic E-state index is -3.78. The van der Waals surface area contributed by atoms with Gasteiger partial charge in [0, 0.05) is 0 Å². The first-order valence-corrected chi connectivity index (χ1v) is 7.86. The maximum absolute atomic E-state index is 12.6. The molecule has 0 aliphatic rings. The molecule has 0 fully saturated rings. The van der Waals surface area contributed by atoms with Crippen molar-refractivity contribution in [2.75, 3.05) is 17.6 Å². The molecule has 0 saturated heterocycles. The summed E-state index contributed by atoms with van der Waals surface area (Å²) in [6, 6.07) is 10.4. The molecule has 0 amide bonds. The fraction of sp³-hybridized carbons (Fsp3) is 0.200. The quantitative estimate of drug-likeness (QED) is 0.851. The molecule has 0 atom stereocenters. The Morgan fingerprint density at radius 2 is 1.67 bits per heavy atom. The summed E-state index contributed by atoms with van der Waals surface area (Å²) < 4.78 is 32.9. The van der Waals surface area contributed by atoms with E-state index in [1.807, 2.05) is 0 Å². The van der Waals surface area contributed by atoms with Crippen molar-refractivity contribution >= 4 is 21.4 Å². The number of nitrogen functional groups attached to an aromatic ring is 1. The number of hydrogen-bond acceptors (Lipinski definition) is 4. The van der Waals surface area contributed by atoms with Crippen molar-refractivity contribution in [3.63, 3.8) is 0 Å². The number of methoxy groups -OCH3 is 1. The number of aryl methyl sites for hydroxylation is 2. The summed E-state index contributed by atoms with van der Waals surface area (Å²) >= 11 is 0. The minimum Gasteiger partial charge on any atom is -0.495 e. The molecule has 0 heterocycles. The van der Waals surface area contributed by atoms with Crippen molar-refractivity contribution in [2.45, 2.75) is 18.7 Å². The highest BCUT2D eigenvalue weighted by Gasteiger charge is 2.22. The van der Waals surface area contributed by atoms with E-state index in [4.69, 9.17) is 10.5 Å². The molecule has 3 N–H and O–H groups in total. The van der Waals surface area contributed by atoms with Crippen LogP contribution < -0.4 is 15.2 Å². The lowest BCUT2D eigenvalue weighted by molar-refractivity contribution is 0.417. The lowest BCUT2D eigenvalue weighted by Crippen LogP contribution is -2.17. The van der Waals surface area contributed by atoms with E-state index in [2.05, 4.69) is 4.72 Å². The Kier molecular flexibility index (Phi) is 4.09. The first-order chi connectivity index (χ1) is 9.86. The number of nitrogens with two attached hydrogens (primary N) is 1. The van der Waals surface area contributed by atoms with Gasteiger partial charge in [-0.05, 0) is 37.1 Å². The van der Waals surface area contributed by atoms with Crippen LogP contribution in [0.4, 0.5) is 11.4 Å². The molecule has 0 aromatic heterocycles. The molecule has 0 aliphatic heterocycles. The summed E-state index contributed by atoms with van der Waals surface area (Å²) in [4.78, 5) is 0.105. The predicted molar refractivity (Wildman–Crippen MR) is 84.1 cm³/mol. The van der Waals surface area contributed by atoms with Gasteiger partial charge in [0.25, 0.3) is 10.0 Å². The summed E-state index contributed by atoms with van der Waals surface area (Å²) in [6.07, 6.45) is 0. The van der Waals surface area contributed by atoms with Crippen molar-refractivity contribution in [3.05, 3.63) is 47.5 Å². The predicted octanol–water partition coefficient (Wildman–Crippen LogP) is 2.70. The first kappa shape index (κ1) is 15.2. The van der Waals surface area contributed by atoms with E-state index in [9.17, 15) is 8.42 Å². The largest absolute Gasteiger partial charge is 0.495 e. The number of anilines is 2. The van der Waals surface area contributed by atoms with Crippen LogP contribution in [0.1, 0.15) is 11.1 Å². The number of ether oxygens (including phenoxy) is 1. The number of rotatable bonds is 4. The van der Waals surface area contributed by atoms with E-state index in [0.29, 0.717) is 17.0 Å². The Morgan fingerprint density at radius 1 is 1.05 bits per heavy atom. The third kappa shape index (κ3) is 2.95. The Balaban J connectivity index is 2.51. The fourth-order valence-corrected chi connectivity index (χ4v) is 3.59. The van der Waals surface area contributed by atoms with Gasteiger partial charge in [0.1, 0.15) is 10.6 Å². The molecule has 2 aromatic rings. The van der Waals surface area contributed by atoms with Crippen LogP contribution in [0.15, 0.2) is 41.3 Å². The van der Waals surface area contributed by atoms with Crippen LogP contribution in [-0.4, -0.2) is 15.5 Å². The molecule has 2 rings (SSSR count). The number of nitrogens with one attached hydrogen (secondary N) is 1. The molecule has 0 aliphatic carbocycles. The van der Waals surface area contributed by atoms with Crippen LogP contribution in [0.2, 0.25) is 0 Å². The first-order valence-electron chi connectivity index (χ1n) is 6.38. The third-order valence-corrected chi connectivity index (χ3v) is 4.80. The minimum absolute atomic E-state index is 0.105. The van der Waals surface area contributed by atoms with E-state index in [1.54, 1.807) is 50.2 Å². The van der Waals surface area contributed by atoms with Gasteiger partial charge in [-0.25, -0.2) is 8.42 Å². The number of benzene rings is 2. The van der Waals surface area contributed by atoms with E-state index in [-0.39, 0.29) is 10.6 Å². The van der Waals surface area contributed by atoms with Gasteiger partial charge in [0.2, 0.25) is 0 Å². The molecular formula is C15H18N2O3S. The highest BCUT2D eigenvalue weighted by Crippen LogP contribution is 2.30. The monoisotopic (exact) mass is 306 g/mol. The number of sulfonamides is 1. The second-order valence-corrected chi connectivity index (χ2v) is 6.37. The summed E-state index contributed by atoms with van der Waals surface area (Å²) in [5.74, 6) is 0.449. The Labute approximate surface area is 124 Å². The van der Waals surface area contributed by atoms with Crippen LogP contribution in [0.5, 0.6) is 5.75 Å². The number of para-hydroxylation sites is 2. The Morgan fingerprint density at radius 3 is 2.33 bits per heavy atom. The van der Waals surface area contributed by atoms with E-state index in [0.717, 1.165) is 5.56 Å². The maximum Gasteiger partial charge on any atom is 0.264 e. The van der Waals surface area contributed by atoms with Crippen molar-refractivity contribution in [1.82, 2.24) is 0 Å². The molecule has 0 unspecified atom stereocenters. The third-order valence-electron chi connectivity index (χ3n) is 3.23. The van der Waals surface area contributed by atoms with Gasteiger partial charge in [0.15, 0.2) is 0 Å². The molecule has 5 nitrogen and oxygen atoms in total. The molecule has 6 heteroatoms. The van der Waals surface area contributed by atoms with E-state index >= 15 is 0 Å². The topological polar surface area (TPSA) is 81.4 Å². The average molecular weight is 306 g/mol. The van der Waals surface area contributed by atoms with Gasteiger partial charge in [-0.3, -0.25) is 4.72 Å². The van der Waals surface area contributed by atoms with Gasteiger partial charge < -0.3 is 10.5 Å². The van der Waals surface area contributed by atoms with Crippen LogP contribution in [0.25, 0.3) is 0 Å². The highest BCUT2D eigenvalue weighted by atomic mass is 32.2. The summed E-state index contributed by atoms with van der Waals surface area (Å²) in [5, 5.41) is 0. The molecular weight excluding hydrogens is 288 g/mol. The summed E-state index contributed by atoms with van der Waals surface area (Å²) in [6.45, 7) is 3.49. The zero-order valence-corrected chi connectivity index (χ0v) is 13.0. The van der Waals surface area contributed by atoms with Gasteiger partial charge in [-0.1, -0.05) is 24.3 Å². The molecule has 0 spiro atoms. The molecule has 2 aromatic carbocycles. The number of hydrogen-bond donors (Lipinski definition) is 2. The van der Waals surface area contributed by atoms with Crippen LogP contribution in [0, 0.1) is 13.8 Å². The fourth-order valence-electron chi connectivity index (χ4n) is 2.09. The van der Waals surface area contributed by atoms with Crippen molar-refractivity contribution in [2.24, 2.45) is 0 Å². The van der Waals surface area contributed by atoms with Crippen LogP contribution in [0.3, 0.4) is 0 Å². The smallest absolute Gasteiger partial charge is 0.264 e. The zero-order valence-electron chi connectivity index (χ0n) is 12.2. The summed E-state index contributed by atoms with van der Waals surface area (Å²) in [5.41, 5.74) is 7.90. The standard InChI is InChI=1S/C15H18N2O3S/c1-10-8-9-11(2)15(14(10)16)21(18,19)17-12-6-4-5-7-13(12)20-3/h4-9,17H,16H2,1-3H3. The molecule has 0 saturated carbocycles. The van der Waals surface area contributed by atoms with Gasteiger partial charge >= 0.3 is 0 Å². The normalized spacial score (nSPS) is 11.2. The van der Waals surface area contributed by atoms with Crippen LogP contribution in [-0.2, 0) is 10.0 Å². The van der Waals surface area contributed by atoms with E-state index < -0.39 is 10.0 Å². The van der Waals surface area contributed by atoms with E-state index in [1.165, 1.54) is 7.11 Å². The summed E-state index contributed by atoms with van der Waals surface area (Å²) in [7, 11) is -2.30. The molecule has 0 radical (unpaired) electrons. The maximum atomic E-state index is 12.6. The SMILES string of the molecule is COc1ccccc1NS(=O)(=O)c1c(C)ccc(C)c1N.